The van der Waals surface area contributed by atoms with Crippen LogP contribution in [0.5, 0.6) is 0 Å². The summed E-state index contributed by atoms with van der Waals surface area (Å²) in [6, 6.07) is 12.5. The molecule has 0 fully saturated rings. The van der Waals surface area contributed by atoms with Gasteiger partial charge in [0.2, 0.25) is 10.0 Å². The van der Waals surface area contributed by atoms with Gasteiger partial charge in [-0.3, -0.25) is 19.3 Å². The summed E-state index contributed by atoms with van der Waals surface area (Å²) in [7, 11) is -3.76. The van der Waals surface area contributed by atoms with Gasteiger partial charge in [-0.15, -0.1) is 0 Å². The average molecular weight is 465 g/mol. The highest BCUT2D eigenvalue weighted by Crippen LogP contribution is 2.22. The van der Waals surface area contributed by atoms with Gasteiger partial charge < -0.3 is 4.74 Å². The lowest BCUT2D eigenvalue weighted by Crippen LogP contribution is -2.30. The molecule has 0 saturated heterocycles. The van der Waals surface area contributed by atoms with E-state index < -0.39 is 16.0 Å². The van der Waals surface area contributed by atoms with Gasteiger partial charge in [-0.25, -0.2) is 13.1 Å². The van der Waals surface area contributed by atoms with Gasteiger partial charge in [0.05, 0.1) is 29.1 Å². The van der Waals surface area contributed by atoms with Gasteiger partial charge in [0.1, 0.15) is 0 Å². The van der Waals surface area contributed by atoms with Crippen molar-refractivity contribution in [1.82, 2.24) is 9.62 Å². The maximum Gasteiger partial charge on any atom is 0.307 e. The van der Waals surface area contributed by atoms with Crippen LogP contribution in [0.15, 0.2) is 53.4 Å². The monoisotopic (exact) mass is 464 g/mol. The normalized spacial score (nSPS) is 13.4. The van der Waals surface area contributed by atoms with E-state index in [1.807, 2.05) is 0 Å². The number of hydrogen-bond acceptors (Lipinski definition) is 6. The summed E-state index contributed by atoms with van der Waals surface area (Å²) in [6.07, 6.45) is 0.825. The van der Waals surface area contributed by atoms with Crippen molar-refractivity contribution >= 4 is 39.4 Å². The lowest BCUT2D eigenvalue weighted by atomic mass is 10.1. The molecule has 0 radical (unpaired) electrons. The molecule has 2 aromatic carbocycles. The molecular formula is C21H21ClN2O6S. The quantitative estimate of drug-likeness (QED) is 0.329. The molecule has 2 amide bonds. The third-order valence-electron chi connectivity index (χ3n) is 4.64. The van der Waals surface area contributed by atoms with Crippen LogP contribution in [0.3, 0.4) is 0 Å². The van der Waals surface area contributed by atoms with Crippen molar-refractivity contribution < 1.29 is 27.5 Å². The number of amides is 2. The highest BCUT2D eigenvalue weighted by molar-refractivity contribution is 7.89. The van der Waals surface area contributed by atoms with Crippen LogP contribution in [0.4, 0.5) is 0 Å². The molecule has 3 rings (SSSR count). The SMILES string of the molecule is O=C(CCNS(=O)(=O)c1cccc(Cl)c1)OCCCCN1C(=O)c2ccccc2C1=O. The minimum atomic E-state index is -3.76. The van der Waals surface area contributed by atoms with Gasteiger partial charge in [-0.2, -0.15) is 0 Å². The zero-order valence-electron chi connectivity index (χ0n) is 16.5. The maximum absolute atomic E-state index is 12.3. The molecule has 0 aromatic heterocycles. The van der Waals surface area contributed by atoms with Crippen LogP contribution in [0.2, 0.25) is 5.02 Å². The molecule has 0 atom stereocenters. The predicted molar refractivity (Wildman–Crippen MR) is 113 cm³/mol. The van der Waals surface area contributed by atoms with Crippen molar-refractivity contribution in [2.75, 3.05) is 19.7 Å². The van der Waals surface area contributed by atoms with Crippen LogP contribution in [0.25, 0.3) is 0 Å². The van der Waals surface area contributed by atoms with Crippen molar-refractivity contribution in [2.24, 2.45) is 0 Å². The van der Waals surface area contributed by atoms with E-state index in [9.17, 15) is 22.8 Å². The summed E-state index contributed by atoms with van der Waals surface area (Å²) >= 11 is 5.79. The Bertz CT molecular complexity index is 1070. The molecule has 8 nitrogen and oxygen atoms in total. The van der Waals surface area contributed by atoms with Crippen LogP contribution in [0, 0.1) is 0 Å². The molecule has 1 heterocycles. The second-order valence-electron chi connectivity index (χ2n) is 6.84. The fourth-order valence-electron chi connectivity index (χ4n) is 3.08. The number of nitrogens with zero attached hydrogens (tertiary/aromatic N) is 1. The number of unbranched alkanes of at least 4 members (excludes halogenated alkanes) is 1. The highest BCUT2D eigenvalue weighted by atomic mass is 35.5. The maximum atomic E-state index is 12.3. The summed E-state index contributed by atoms with van der Waals surface area (Å²) in [6.45, 7) is 0.245. The van der Waals surface area contributed by atoms with Crippen molar-refractivity contribution in [2.45, 2.75) is 24.2 Å². The number of hydrogen-bond donors (Lipinski definition) is 1. The van der Waals surface area contributed by atoms with Crippen LogP contribution in [0.1, 0.15) is 40.0 Å². The molecule has 0 unspecified atom stereocenters. The molecule has 1 aliphatic rings. The second-order valence-corrected chi connectivity index (χ2v) is 9.04. The molecule has 1 aliphatic heterocycles. The Balaban J connectivity index is 1.33. The Labute approximate surface area is 185 Å². The predicted octanol–water partition coefficient (Wildman–Crippen LogP) is 2.63. The minimum absolute atomic E-state index is 0.0153. The smallest absolute Gasteiger partial charge is 0.307 e. The standard InChI is InChI=1S/C21H21ClN2O6S/c22-15-6-5-7-16(14-15)31(28,29)23-11-10-19(25)30-13-4-3-12-24-20(26)17-8-1-2-9-18(17)21(24)27/h1-2,5-9,14,23H,3-4,10-13H2. The fraction of sp³-hybridized carbons (Fsp3) is 0.286. The number of esters is 1. The lowest BCUT2D eigenvalue weighted by Gasteiger charge is -2.13. The second kappa shape index (κ2) is 10.0. The largest absolute Gasteiger partial charge is 0.466 e. The summed E-state index contributed by atoms with van der Waals surface area (Å²) in [4.78, 5) is 37.5. The Kier molecular flexibility index (Phi) is 7.42. The summed E-state index contributed by atoms with van der Waals surface area (Å²) in [5.74, 6) is -1.18. The van der Waals surface area contributed by atoms with Crippen LogP contribution < -0.4 is 4.72 Å². The fourth-order valence-corrected chi connectivity index (χ4v) is 4.41. The lowest BCUT2D eigenvalue weighted by molar-refractivity contribution is -0.143. The summed E-state index contributed by atoms with van der Waals surface area (Å²) < 4.78 is 31.7. The number of nitrogens with one attached hydrogen (secondary N) is 1. The number of ether oxygens (including phenoxy) is 1. The Hall–Kier alpha value is -2.75. The van der Waals surface area contributed by atoms with Crippen molar-refractivity contribution in [3.05, 3.63) is 64.7 Å². The van der Waals surface area contributed by atoms with E-state index in [1.54, 1.807) is 30.3 Å². The van der Waals surface area contributed by atoms with Crippen molar-refractivity contribution in [3.63, 3.8) is 0 Å². The first kappa shape index (κ1) is 22.9. The Morgan fingerprint density at radius 2 is 1.68 bits per heavy atom. The molecule has 0 bridgehead atoms. The number of rotatable bonds is 10. The zero-order chi connectivity index (χ0) is 22.4. The number of halogens is 1. The minimum Gasteiger partial charge on any atom is -0.466 e. The summed E-state index contributed by atoms with van der Waals surface area (Å²) in [5.41, 5.74) is 0.804. The molecule has 31 heavy (non-hydrogen) atoms. The van der Waals surface area contributed by atoms with E-state index in [0.29, 0.717) is 29.0 Å². The number of sulfonamides is 1. The number of fused-ring (bicyclic) bond motifs is 1. The van der Waals surface area contributed by atoms with E-state index >= 15 is 0 Å². The molecular weight excluding hydrogens is 444 g/mol. The third-order valence-corrected chi connectivity index (χ3v) is 6.34. The highest BCUT2D eigenvalue weighted by Gasteiger charge is 2.34. The zero-order valence-corrected chi connectivity index (χ0v) is 18.1. The van der Waals surface area contributed by atoms with Gasteiger partial charge >= 0.3 is 5.97 Å². The third kappa shape index (κ3) is 5.69. The van der Waals surface area contributed by atoms with E-state index in [-0.39, 0.29) is 42.8 Å². The van der Waals surface area contributed by atoms with Crippen molar-refractivity contribution in [3.8, 4) is 0 Å². The first-order chi connectivity index (χ1) is 14.8. The number of carbonyl (C=O) groups excluding carboxylic acids is 3. The number of carbonyl (C=O) groups is 3. The van der Waals surface area contributed by atoms with E-state index in [4.69, 9.17) is 16.3 Å². The molecule has 0 saturated carbocycles. The topological polar surface area (TPSA) is 110 Å². The van der Waals surface area contributed by atoms with Gasteiger partial charge in [-0.05, 0) is 43.2 Å². The van der Waals surface area contributed by atoms with Crippen molar-refractivity contribution in [1.29, 1.82) is 0 Å². The first-order valence-electron chi connectivity index (χ1n) is 9.66. The van der Waals surface area contributed by atoms with Gasteiger partial charge in [0, 0.05) is 18.1 Å². The number of benzene rings is 2. The molecule has 0 aliphatic carbocycles. The molecule has 10 heteroatoms. The Morgan fingerprint density at radius 3 is 2.32 bits per heavy atom. The molecule has 1 N–H and O–H groups in total. The first-order valence-corrected chi connectivity index (χ1v) is 11.5. The van der Waals surface area contributed by atoms with Crippen LogP contribution >= 0.6 is 11.6 Å². The van der Waals surface area contributed by atoms with Crippen LogP contribution in [-0.4, -0.2) is 50.8 Å². The van der Waals surface area contributed by atoms with Gasteiger partial charge in [-0.1, -0.05) is 29.8 Å². The number of imide groups is 1. The molecule has 0 spiro atoms. The molecule has 164 valence electrons. The molecule has 2 aromatic rings. The Morgan fingerprint density at radius 1 is 1.00 bits per heavy atom. The summed E-state index contributed by atoms with van der Waals surface area (Å²) in [5, 5.41) is 0.295. The van der Waals surface area contributed by atoms with Gasteiger partial charge in [0.25, 0.3) is 11.8 Å². The van der Waals surface area contributed by atoms with E-state index in [2.05, 4.69) is 4.72 Å². The van der Waals surface area contributed by atoms with Gasteiger partial charge in [0.15, 0.2) is 0 Å². The average Bonchev–Trinajstić information content (AvgIpc) is 2.98. The van der Waals surface area contributed by atoms with E-state index in [0.717, 1.165) is 0 Å². The van der Waals surface area contributed by atoms with Crippen LogP contribution in [-0.2, 0) is 19.6 Å². The van der Waals surface area contributed by atoms with E-state index in [1.165, 1.54) is 23.1 Å².